The normalized spacial score (nSPS) is 11.3. The van der Waals surface area contributed by atoms with Gasteiger partial charge >= 0.3 is 0 Å². The number of methoxy groups -OCH3 is 1. The van der Waals surface area contributed by atoms with E-state index in [-0.39, 0.29) is 12.5 Å². The van der Waals surface area contributed by atoms with Crippen LogP contribution in [0.1, 0.15) is 33.6 Å². The SMILES string of the molecule is COc1cc(/C=C(\C#N)c2nc3cc(C)c(C)cc3[nH]2)ccc1OCC(=O)Nc1ccc(C)c(C)c1. The summed E-state index contributed by atoms with van der Waals surface area (Å²) in [7, 11) is 1.53. The molecule has 0 aliphatic heterocycles. The van der Waals surface area contributed by atoms with Crippen molar-refractivity contribution in [2.45, 2.75) is 27.7 Å². The second-order valence-electron chi connectivity index (χ2n) is 8.76. The molecule has 36 heavy (non-hydrogen) atoms. The molecule has 0 atom stereocenters. The molecule has 0 spiro atoms. The molecule has 1 heterocycles. The van der Waals surface area contributed by atoms with Gasteiger partial charge in [0.1, 0.15) is 11.9 Å². The van der Waals surface area contributed by atoms with Crippen LogP contribution >= 0.6 is 0 Å². The molecule has 2 N–H and O–H groups in total. The van der Waals surface area contributed by atoms with E-state index in [2.05, 4.69) is 21.4 Å². The zero-order valence-electron chi connectivity index (χ0n) is 21.0. The molecule has 3 aromatic carbocycles. The van der Waals surface area contributed by atoms with Crippen molar-refractivity contribution in [1.29, 1.82) is 5.26 Å². The number of carbonyl (C=O) groups excluding carboxylic acids is 1. The highest BCUT2D eigenvalue weighted by Crippen LogP contribution is 2.30. The molecular weight excluding hydrogens is 452 g/mol. The number of rotatable bonds is 7. The van der Waals surface area contributed by atoms with E-state index < -0.39 is 0 Å². The van der Waals surface area contributed by atoms with Gasteiger partial charge in [0, 0.05) is 5.69 Å². The lowest BCUT2D eigenvalue weighted by Crippen LogP contribution is -2.20. The largest absolute Gasteiger partial charge is 0.493 e. The predicted molar refractivity (Wildman–Crippen MR) is 142 cm³/mol. The van der Waals surface area contributed by atoms with E-state index in [0.29, 0.717) is 22.9 Å². The summed E-state index contributed by atoms with van der Waals surface area (Å²) in [4.78, 5) is 20.2. The number of aryl methyl sites for hydroxylation is 4. The highest BCUT2D eigenvalue weighted by atomic mass is 16.5. The van der Waals surface area contributed by atoms with Crippen molar-refractivity contribution in [2.75, 3.05) is 19.0 Å². The molecular formula is C29H28N4O3. The van der Waals surface area contributed by atoms with Crippen LogP contribution in [-0.4, -0.2) is 29.6 Å². The molecule has 0 radical (unpaired) electrons. The number of aromatic nitrogens is 2. The Hall–Kier alpha value is -4.57. The average molecular weight is 481 g/mol. The number of anilines is 1. The van der Waals surface area contributed by atoms with E-state index in [1.165, 1.54) is 7.11 Å². The van der Waals surface area contributed by atoms with Crippen LogP contribution in [0, 0.1) is 39.0 Å². The van der Waals surface area contributed by atoms with E-state index in [0.717, 1.165) is 44.5 Å². The zero-order valence-corrected chi connectivity index (χ0v) is 21.0. The summed E-state index contributed by atoms with van der Waals surface area (Å²) in [5.41, 5.74) is 8.11. The van der Waals surface area contributed by atoms with Crippen molar-refractivity contribution in [3.05, 3.63) is 82.2 Å². The van der Waals surface area contributed by atoms with Crippen LogP contribution in [0.4, 0.5) is 5.69 Å². The maximum absolute atomic E-state index is 12.4. The summed E-state index contributed by atoms with van der Waals surface area (Å²) in [6.45, 7) is 7.93. The molecule has 1 amide bonds. The topological polar surface area (TPSA) is 100 Å². The van der Waals surface area contributed by atoms with Crippen LogP contribution in [0.25, 0.3) is 22.7 Å². The highest BCUT2D eigenvalue weighted by Gasteiger charge is 2.12. The lowest BCUT2D eigenvalue weighted by atomic mass is 10.1. The number of benzene rings is 3. The first-order valence-corrected chi connectivity index (χ1v) is 11.5. The molecule has 7 heteroatoms. The van der Waals surface area contributed by atoms with Crippen molar-refractivity contribution in [3.8, 4) is 17.6 Å². The number of amides is 1. The summed E-state index contributed by atoms with van der Waals surface area (Å²) >= 11 is 0. The van der Waals surface area contributed by atoms with E-state index in [1.54, 1.807) is 24.3 Å². The average Bonchev–Trinajstić information content (AvgIpc) is 3.26. The number of nitrogens with zero attached hydrogens (tertiary/aromatic N) is 2. The number of carbonyl (C=O) groups is 1. The van der Waals surface area contributed by atoms with E-state index >= 15 is 0 Å². The fourth-order valence-electron chi connectivity index (χ4n) is 3.77. The number of fused-ring (bicyclic) bond motifs is 1. The third-order valence-electron chi connectivity index (χ3n) is 6.12. The van der Waals surface area contributed by atoms with Gasteiger partial charge in [-0.2, -0.15) is 5.26 Å². The summed E-state index contributed by atoms with van der Waals surface area (Å²) in [6, 6.07) is 17.3. The number of imidazole rings is 1. The van der Waals surface area contributed by atoms with E-state index in [9.17, 15) is 10.1 Å². The van der Waals surface area contributed by atoms with Gasteiger partial charge in [-0.05, 0) is 98.0 Å². The predicted octanol–water partition coefficient (Wildman–Crippen LogP) is 5.89. The van der Waals surface area contributed by atoms with Crippen LogP contribution in [0.3, 0.4) is 0 Å². The number of nitrogens with one attached hydrogen (secondary N) is 2. The third kappa shape index (κ3) is 5.39. The number of aromatic amines is 1. The van der Waals surface area contributed by atoms with E-state index in [4.69, 9.17) is 9.47 Å². The van der Waals surface area contributed by atoms with Gasteiger partial charge < -0.3 is 19.8 Å². The Morgan fingerprint density at radius 2 is 1.75 bits per heavy atom. The first-order valence-electron chi connectivity index (χ1n) is 11.5. The first-order chi connectivity index (χ1) is 17.3. The lowest BCUT2D eigenvalue weighted by molar-refractivity contribution is -0.118. The van der Waals surface area contributed by atoms with Crippen LogP contribution < -0.4 is 14.8 Å². The van der Waals surface area contributed by atoms with Gasteiger partial charge in [-0.15, -0.1) is 0 Å². The van der Waals surface area contributed by atoms with Crippen molar-refractivity contribution in [3.63, 3.8) is 0 Å². The summed E-state index contributed by atoms with van der Waals surface area (Å²) < 4.78 is 11.2. The molecule has 0 aliphatic carbocycles. The Labute approximate surface area is 210 Å². The zero-order chi connectivity index (χ0) is 25.8. The van der Waals surface area contributed by atoms with Crippen LogP contribution in [0.5, 0.6) is 11.5 Å². The summed E-state index contributed by atoms with van der Waals surface area (Å²) in [6.07, 6.45) is 1.73. The molecule has 0 aliphatic rings. The van der Waals surface area contributed by atoms with Crippen LogP contribution in [-0.2, 0) is 4.79 Å². The van der Waals surface area contributed by atoms with Gasteiger partial charge in [-0.1, -0.05) is 12.1 Å². The van der Waals surface area contributed by atoms with Crippen molar-refractivity contribution >= 4 is 34.3 Å². The van der Waals surface area contributed by atoms with Crippen LogP contribution in [0.15, 0.2) is 48.5 Å². The quantitative estimate of drug-likeness (QED) is 0.322. The molecule has 182 valence electrons. The maximum atomic E-state index is 12.4. The number of ether oxygens (including phenoxy) is 2. The Morgan fingerprint density at radius 3 is 2.47 bits per heavy atom. The monoisotopic (exact) mass is 480 g/mol. The van der Waals surface area contributed by atoms with Gasteiger partial charge in [-0.25, -0.2) is 4.98 Å². The van der Waals surface area contributed by atoms with E-state index in [1.807, 2.05) is 58.0 Å². The fraction of sp³-hybridized carbons (Fsp3) is 0.207. The number of allylic oxidation sites excluding steroid dienone is 1. The van der Waals surface area contributed by atoms with Gasteiger partial charge in [0.15, 0.2) is 18.1 Å². The van der Waals surface area contributed by atoms with Gasteiger partial charge in [-0.3, -0.25) is 4.79 Å². The second-order valence-corrected chi connectivity index (χ2v) is 8.76. The highest BCUT2D eigenvalue weighted by molar-refractivity contribution is 5.92. The first kappa shape index (κ1) is 24.6. The third-order valence-corrected chi connectivity index (χ3v) is 6.12. The minimum atomic E-state index is -0.272. The summed E-state index contributed by atoms with van der Waals surface area (Å²) in [5.74, 6) is 1.11. The molecule has 0 fully saturated rings. The number of hydrogen-bond acceptors (Lipinski definition) is 5. The molecule has 0 saturated heterocycles. The molecule has 0 saturated carbocycles. The smallest absolute Gasteiger partial charge is 0.262 e. The van der Waals surface area contributed by atoms with Crippen molar-refractivity contribution in [1.82, 2.24) is 9.97 Å². The van der Waals surface area contributed by atoms with Gasteiger partial charge in [0.2, 0.25) is 0 Å². The maximum Gasteiger partial charge on any atom is 0.262 e. The molecule has 1 aromatic heterocycles. The number of hydrogen-bond donors (Lipinski definition) is 2. The van der Waals surface area contributed by atoms with Crippen molar-refractivity contribution < 1.29 is 14.3 Å². The Kier molecular flexibility index (Phi) is 7.07. The Bertz CT molecular complexity index is 1490. The minimum absolute atomic E-state index is 0.167. The van der Waals surface area contributed by atoms with Gasteiger partial charge in [0.05, 0.1) is 23.7 Å². The Morgan fingerprint density at radius 1 is 1.00 bits per heavy atom. The molecule has 4 aromatic rings. The summed E-state index contributed by atoms with van der Waals surface area (Å²) in [5, 5.41) is 12.6. The van der Waals surface area contributed by atoms with Crippen molar-refractivity contribution in [2.24, 2.45) is 0 Å². The number of H-pyrrole nitrogens is 1. The molecule has 0 bridgehead atoms. The fourth-order valence-corrected chi connectivity index (χ4v) is 3.77. The number of nitriles is 1. The van der Waals surface area contributed by atoms with Gasteiger partial charge in [0.25, 0.3) is 5.91 Å². The lowest BCUT2D eigenvalue weighted by Gasteiger charge is -2.12. The molecule has 0 unspecified atom stereocenters. The molecule has 4 rings (SSSR count). The molecule has 7 nitrogen and oxygen atoms in total. The minimum Gasteiger partial charge on any atom is -0.493 e. The van der Waals surface area contributed by atoms with Crippen LogP contribution in [0.2, 0.25) is 0 Å². The Balaban J connectivity index is 1.50. The second kappa shape index (κ2) is 10.4. The standard InChI is InChI=1S/C29H28N4O3/c1-17-6-8-23(10-18(17)2)31-28(34)16-36-26-9-7-21(14-27(26)35-5)13-22(15-30)29-32-24-11-19(3)20(4)12-25(24)33-29/h6-14H,16H2,1-5H3,(H,31,34)(H,32,33)/b22-13+.